The zero-order valence-electron chi connectivity index (χ0n) is 17.8. The summed E-state index contributed by atoms with van der Waals surface area (Å²) in [7, 11) is 2.24. The summed E-state index contributed by atoms with van der Waals surface area (Å²) in [6.07, 6.45) is 1.31. The number of likely N-dealkylation sites (N-methyl/N-ethyl adjacent to an activating group) is 1. The molecular weight excluding hydrogens is 356 g/mol. The van der Waals surface area contributed by atoms with Gasteiger partial charge in [-0.05, 0) is 24.9 Å². The fraction of sp³-hybridized carbons (Fsp3) is 0.636. The predicted molar refractivity (Wildman–Crippen MR) is 123 cm³/mol. The van der Waals surface area contributed by atoms with Gasteiger partial charge in [0.25, 0.3) is 0 Å². The van der Waals surface area contributed by atoms with E-state index in [1.54, 1.807) is 9.77 Å². The minimum Gasteiger partial charge on any atom is -0.304 e. The Labute approximate surface area is 170 Å². The maximum absolute atomic E-state index is 2.72. The van der Waals surface area contributed by atoms with Gasteiger partial charge in [0.2, 0.25) is 0 Å². The number of rotatable bonds is 1. The van der Waals surface area contributed by atoms with Crippen LogP contribution in [0, 0.1) is 0 Å². The monoisotopic (exact) mass is 394 g/mol. The van der Waals surface area contributed by atoms with Gasteiger partial charge in [-0.1, -0.05) is 59.7 Å². The van der Waals surface area contributed by atoms with E-state index in [9.17, 15) is 0 Å². The Kier molecular flexibility index (Phi) is 11.5. The van der Waals surface area contributed by atoms with Gasteiger partial charge in [0.1, 0.15) is 0 Å². The van der Waals surface area contributed by atoms with Gasteiger partial charge in [0.15, 0.2) is 0 Å². The van der Waals surface area contributed by atoms with Crippen molar-refractivity contribution in [3.05, 3.63) is 29.8 Å². The SMILES string of the molecule is CC.CC.CC.CN1CCN(C2CCSc3sc4ccccc4c32)CC1. The summed E-state index contributed by atoms with van der Waals surface area (Å²) >= 11 is 4.06. The molecule has 2 aromatic rings. The Morgan fingerprint density at radius 2 is 1.50 bits per heavy atom. The van der Waals surface area contributed by atoms with Crippen molar-refractivity contribution in [3.8, 4) is 0 Å². The van der Waals surface area contributed by atoms with Crippen LogP contribution in [-0.4, -0.2) is 48.8 Å². The normalized spacial score (nSPS) is 19.9. The molecule has 1 saturated heterocycles. The lowest BCUT2D eigenvalue weighted by Gasteiger charge is -2.39. The second-order valence-corrected chi connectivity index (χ2v) is 8.21. The van der Waals surface area contributed by atoms with Crippen molar-refractivity contribution in [2.45, 2.75) is 58.2 Å². The molecule has 1 atom stereocenters. The van der Waals surface area contributed by atoms with E-state index in [0.29, 0.717) is 6.04 Å². The van der Waals surface area contributed by atoms with Crippen LogP contribution >= 0.6 is 23.1 Å². The van der Waals surface area contributed by atoms with E-state index in [2.05, 4.69) is 52.9 Å². The van der Waals surface area contributed by atoms with Crippen LogP contribution in [-0.2, 0) is 0 Å². The number of nitrogens with zero attached hydrogens (tertiary/aromatic N) is 2. The Morgan fingerprint density at radius 1 is 0.885 bits per heavy atom. The lowest BCUT2D eigenvalue weighted by atomic mass is 10.0. The Bertz CT molecular complexity index is 616. The summed E-state index contributed by atoms with van der Waals surface area (Å²) < 4.78 is 3.03. The first-order chi connectivity index (χ1) is 12.8. The van der Waals surface area contributed by atoms with Crippen molar-refractivity contribution in [1.82, 2.24) is 9.80 Å². The molecule has 0 aliphatic carbocycles. The highest BCUT2D eigenvalue weighted by Gasteiger charge is 2.31. The van der Waals surface area contributed by atoms with Gasteiger partial charge in [-0.15, -0.1) is 23.1 Å². The highest BCUT2D eigenvalue weighted by molar-refractivity contribution is 8.01. The van der Waals surface area contributed by atoms with Gasteiger partial charge >= 0.3 is 0 Å². The minimum absolute atomic E-state index is 0.649. The molecule has 2 nitrogen and oxygen atoms in total. The smallest absolute Gasteiger partial charge is 0.0659 e. The van der Waals surface area contributed by atoms with Crippen molar-refractivity contribution in [1.29, 1.82) is 0 Å². The largest absolute Gasteiger partial charge is 0.304 e. The molecule has 0 N–H and O–H groups in total. The van der Waals surface area contributed by atoms with Crippen molar-refractivity contribution < 1.29 is 0 Å². The third kappa shape index (κ3) is 5.48. The van der Waals surface area contributed by atoms with Crippen LogP contribution in [0.15, 0.2) is 28.5 Å². The molecule has 26 heavy (non-hydrogen) atoms. The molecule has 0 saturated carbocycles. The number of benzene rings is 1. The van der Waals surface area contributed by atoms with E-state index in [0.717, 1.165) is 0 Å². The maximum Gasteiger partial charge on any atom is 0.0659 e. The average Bonchev–Trinajstić information content (AvgIpc) is 3.12. The van der Waals surface area contributed by atoms with Crippen molar-refractivity contribution in [3.63, 3.8) is 0 Å². The fourth-order valence-corrected chi connectivity index (χ4v) is 6.05. The molecule has 2 aliphatic heterocycles. The zero-order chi connectivity index (χ0) is 19.5. The standard InChI is InChI=1S/C16H20N2S2.3C2H6/c1-17-7-9-18(10-8-17)13-6-11-19-16-15(13)12-4-2-3-5-14(12)20-16;3*1-2/h2-5,13H,6-11H2,1H3;3*1-2H3. The molecule has 3 heterocycles. The summed E-state index contributed by atoms with van der Waals surface area (Å²) in [5.41, 5.74) is 1.63. The van der Waals surface area contributed by atoms with Crippen LogP contribution in [0.3, 0.4) is 0 Å². The summed E-state index contributed by atoms with van der Waals surface area (Å²) in [4.78, 5) is 5.17. The van der Waals surface area contributed by atoms with Crippen LogP contribution in [0.4, 0.5) is 0 Å². The topological polar surface area (TPSA) is 6.48 Å². The number of hydrogen-bond acceptors (Lipinski definition) is 4. The van der Waals surface area contributed by atoms with Crippen molar-refractivity contribution >= 4 is 33.2 Å². The molecule has 4 rings (SSSR count). The van der Waals surface area contributed by atoms with Gasteiger partial charge in [-0.25, -0.2) is 0 Å². The van der Waals surface area contributed by atoms with E-state index in [1.807, 2.05) is 52.9 Å². The second kappa shape index (κ2) is 12.8. The summed E-state index contributed by atoms with van der Waals surface area (Å²) in [6, 6.07) is 9.60. The molecule has 0 bridgehead atoms. The zero-order valence-corrected chi connectivity index (χ0v) is 19.5. The van der Waals surface area contributed by atoms with Crippen LogP contribution in [0.25, 0.3) is 10.1 Å². The first-order valence-corrected chi connectivity index (χ1v) is 12.2. The third-order valence-corrected chi connectivity index (χ3v) is 7.04. The molecule has 1 unspecified atom stereocenters. The highest BCUT2D eigenvalue weighted by atomic mass is 32.2. The van der Waals surface area contributed by atoms with Crippen molar-refractivity contribution in [2.75, 3.05) is 39.0 Å². The van der Waals surface area contributed by atoms with Crippen LogP contribution in [0.5, 0.6) is 0 Å². The lowest BCUT2D eigenvalue weighted by Crippen LogP contribution is -2.46. The van der Waals surface area contributed by atoms with E-state index >= 15 is 0 Å². The predicted octanol–water partition coefficient (Wildman–Crippen LogP) is 6.76. The van der Waals surface area contributed by atoms with Gasteiger partial charge in [0, 0.05) is 48.2 Å². The first-order valence-electron chi connectivity index (χ1n) is 10.4. The molecule has 4 heteroatoms. The molecular formula is C22H38N2S2. The first kappa shape index (κ1) is 23.5. The van der Waals surface area contributed by atoms with E-state index in [4.69, 9.17) is 0 Å². The fourth-order valence-electron chi connectivity index (χ4n) is 3.37. The molecule has 1 aromatic carbocycles. The highest BCUT2D eigenvalue weighted by Crippen LogP contribution is 2.48. The number of thiophene rings is 1. The Morgan fingerprint density at radius 3 is 2.15 bits per heavy atom. The van der Waals surface area contributed by atoms with E-state index < -0.39 is 0 Å². The number of fused-ring (bicyclic) bond motifs is 3. The molecule has 0 spiro atoms. The number of piperazine rings is 1. The van der Waals surface area contributed by atoms with Crippen LogP contribution in [0.1, 0.15) is 59.6 Å². The van der Waals surface area contributed by atoms with Crippen LogP contribution < -0.4 is 0 Å². The molecule has 2 aliphatic rings. The molecule has 1 fully saturated rings. The molecule has 148 valence electrons. The van der Waals surface area contributed by atoms with Gasteiger partial charge in [0.05, 0.1) is 4.21 Å². The van der Waals surface area contributed by atoms with E-state index in [1.165, 1.54) is 48.4 Å². The van der Waals surface area contributed by atoms with Gasteiger partial charge in [-0.2, -0.15) is 0 Å². The number of hydrogen-bond donors (Lipinski definition) is 0. The van der Waals surface area contributed by atoms with Crippen molar-refractivity contribution in [2.24, 2.45) is 0 Å². The minimum atomic E-state index is 0.649. The average molecular weight is 395 g/mol. The van der Waals surface area contributed by atoms with Gasteiger partial charge < -0.3 is 4.90 Å². The quantitative estimate of drug-likeness (QED) is 0.527. The third-order valence-electron chi connectivity index (χ3n) is 4.54. The summed E-state index contributed by atoms with van der Waals surface area (Å²) in [5, 5.41) is 1.50. The number of thioether (sulfide) groups is 1. The Hall–Kier alpha value is -0.550. The Balaban J connectivity index is 0.000000515. The lowest BCUT2D eigenvalue weighted by molar-refractivity contribution is 0.108. The molecule has 0 amide bonds. The van der Waals surface area contributed by atoms with Crippen LogP contribution in [0.2, 0.25) is 0 Å². The van der Waals surface area contributed by atoms with Gasteiger partial charge in [-0.3, -0.25) is 4.90 Å². The maximum atomic E-state index is 2.72. The summed E-state index contributed by atoms with van der Waals surface area (Å²) in [6.45, 7) is 16.9. The molecule has 0 radical (unpaired) electrons. The summed E-state index contributed by atoms with van der Waals surface area (Å²) in [5.74, 6) is 1.27. The van der Waals surface area contributed by atoms with E-state index in [-0.39, 0.29) is 0 Å². The second-order valence-electron chi connectivity index (χ2n) is 5.79. The molecule has 1 aromatic heterocycles.